The molecule has 0 spiro atoms. The van der Waals surface area contributed by atoms with Crippen molar-refractivity contribution in [2.75, 3.05) is 11.9 Å². The van der Waals surface area contributed by atoms with E-state index in [4.69, 9.17) is 0 Å². The predicted octanol–water partition coefficient (Wildman–Crippen LogP) is 3.84. The molecule has 4 heteroatoms. The normalized spacial score (nSPS) is 14.6. The van der Waals surface area contributed by atoms with Crippen molar-refractivity contribution in [2.45, 2.75) is 26.3 Å². The minimum atomic E-state index is -0.00130. The Morgan fingerprint density at radius 1 is 1.33 bits per heavy atom. The van der Waals surface area contributed by atoms with Crippen LogP contribution in [0.4, 0.5) is 5.69 Å². The first-order valence-corrected chi connectivity index (χ1v) is 8.24. The molecule has 1 aromatic heterocycles. The molecule has 0 saturated carbocycles. The van der Waals surface area contributed by atoms with Gasteiger partial charge in [0, 0.05) is 22.7 Å². The van der Waals surface area contributed by atoms with Gasteiger partial charge >= 0.3 is 0 Å². The average Bonchev–Trinajstić information content (AvgIpc) is 3.14. The number of nitrogens with one attached hydrogen (secondary N) is 2. The fourth-order valence-electron chi connectivity index (χ4n) is 2.69. The molecule has 1 aliphatic rings. The predicted molar refractivity (Wildman–Crippen MR) is 88.0 cm³/mol. The molecular weight excluding hydrogens is 280 g/mol. The minimum absolute atomic E-state index is 0.00130. The lowest BCUT2D eigenvalue weighted by Crippen LogP contribution is -2.31. The Morgan fingerprint density at radius 2 is 2.19 bits per heavy atom. The van der Waals surface area contributed by atoms with Gasteiger partial charge in [0.05, 0.1) is 6.04 Å². The molecule has 110 valence electrons. The Balaban J connectivity index is 1.78. The van der Waals surface area contributed by atoms with E-state index in [1.807, 2.05) is 18.2 Å². The fraction of sp³-hybridized carbons (Fsp3) is 0.353. The van der Waals surface area contributed by atoms with Crippen molar-refractivity contribution in [3.63, 3.8) is 0 Å². The monoisotopic (exact) mass is 300 g/mol. The van der Waals surface area contributed by atoms with E-state index < -0.39 is 0 Å². The van der Waals surface area contributed by atoms with Crippen molar-refractivity contribution < 1.29 is 4.79 Å². The van der Waals surface area contributed by atoms with Gasteiger partial charge in [-0.1, -0.05) is 26.0 Å². The summed E-state index contributed by atoms with van der Waals surface area (Å²) in [6, 6.07) is 10.1. The standard InChI is InChI=1S/C17H20N2OS/c1-11(2)16(15-4-3-9-21-15)19-17(20)13-6-5-12-7-8-18-14(12)10-13/h3-6,9-11,16,18H,7-8H2,1-2H3,(H,19,20). The van der Waals surface area contributed by atoms with Crippen LogP contribution in [0.15, 0.2) is 35.7 Å². The van der Waals surface area contributed by atoms with E-state index >= 15 is 0 Å². The van der Waals surface area contributed by atoms with Gasteiger partial charge in [0.15, 0.2) is 0 Å². The second kappa shape index (κ2) is 5.90. The number of carbonyl (C=O) groups excluding carboxylic acids is 1. The number of anilines is 1. The van der Waals surface area contributed by atoms with E-state index in [2.05, 4.69) is 42.0 Å². The summed E-state index contributed by atoms with van der Waals surface area (Å²) in [6.45, 7) is 5.23. The van der Waals surface area contributed by atoms with E-state index in [1.165, 1.54) is 10.4 Å². The van der Waals surface area contributed by atoms with Crippen LogP contribution in [0, 0.1) is 5.92 Å². The van der Waals surface area contributed by atoms with Crippen LogP contribution in [0.2, 0.25) is 0 Å². The van der Waals surface area contributed by atoms with Crippen molar-refractivity contribution in [3.8, 4) is 0 Å². The lowest BCUT2D eigenvalue weighted by molar-refractivity contribution is 0.0926. The summed E-state index contributed by atoms with van der Waals surface area (Å²) in [6.07, 6.45) is 1.04. The summed E-state index contributed by atoms with van der Waals surface area (Å²) in [5.41, 5.74) is 3.12. The van der Waals surface area contributed by atoms with Crippen molar-refractivity contribution in [3.05, 3.63) is 51.7 Å². The van der Waals surface area contributed by atoms with Gasteiger partial charge in [-0.15, -0.1) is 11.3 Å². The summed E-state index contributed by atoms with van der Waals surface area (Å²) >= 11 is 1.69. The number of hydrogen-bond acceptors (Lipinski definition) is 3. The maximum Gasteiger partial charge on any atom is 0.251 e. The van der Waals surface area contributed by atoms with Crippen LogP contribution in [0.25, 0.3) is 0 Å². The Kier molecular flexibility index (Phi) is 3.97. The number of amides is 1. The number of benzene rings is 1. The molecule has 1 amide bonds. The highest BCUT2D eigenvalue weighted by molar-refractivity contribution is 7.10. The van der Waals surface area contributed by atoms with E-state index in [1.54, 1.807) is 11.3 Å². The van der Waals surface area contributed by atoms with Crippen LogP contribution >= 0.6 is 11.3 Å². The molecule has 0 saturated heterocycles. The first-order valence-electron chi connectivity index (χ1n) is 7.36. The third kappa shape index (κ3) is 2.95. The number of thiophene rings is 1. The second-order valence-corrected chi connectivity index (χ2v) is 6.74. The van der Waals surface area contributed by atoms with Crippen LogP contribution in [0.3, 0.4) is 0 Å². The Labute approximate surface area is 129 Å². The van der Waals surface area contributed by atoms with Gasteiger partial charge in [0.1, 0.15) is 0 Å². The summed E-state index contributed by atoms with van der Waals surface area (Å²) in [4.78, 5) is 13.7. The van der Waals surface area contributed by atoms with Crippen molar-refractivity contribution in [1.29, 1.82) is 0 Å². The van der Waals surface area contributed by atoms with Crippen LogP contribution in [-0.4, -0.2) is 12.5 Å². The number of hydrogen-bond donors (Lipinski definition) is 2. The molecule has 1 aromatic carbocycles. The maximum atomic E-state index is 12.5. The third-order valence-electron chi connectivity index (χ3n) is 3.88. The molecule has 2 N–H and O–H groups in total. The van der Waals surface area contributed by atoms with Gasteiger partial charge in [-0.3, -0.25) is 4.79 Å². The van der Waals surface area contributed by atoms with E-state index in [0.29, 0.717) is 5.92 Å². The zero-order valence-electron chi connectivity index (χ0n) is 12.3. The molecule has 3 rings (SSSR count). The van der Waals surface area contributed by atoms with Gasteiger partial charge in [-0.25, -0.2) is 0 Å². The van der Waals surface area contributed by atoms with Crippen LogP contribution in [0.1, 0.15) is 40.7 Å². The van der Waals surface area contributed by atoms with Gasteiger partial charge in [0.2, 0.25) is 0 Å². The highest BCUT2D eigenvalue weighted by Gasteiger charge is 2.21. The van der Waals surface area contributed by atoms with Crippen molar-refractivity contribution in [2.24, 2.45) is 5.92 Å². The quantitative estimate of drug-likeness (QED) is 0.900. The Morgan fingerprint density at radius 3 is 2.90 bits per heavy atom. The SMILES string of the molecule is CC(C)C(NC(=O)c1ccc2c(c1)NCC2)c1cccs1. The molecule has 2 aromatic rings. The summed E-state index contributed by atoms with van der Waals surface area (Å²) in [7, 11) is 0. The number of fused-ring (bicyclic) bond motifs is 1. The molecular formula is C17H20N2OS. The van der Waals surface area contributed by atoms with Crippen molar-refractivity contribution in [1.82, 2.24) is 5.32 Å². The number of carbonyl (C=O) groups is 1. The Bertz CT molecular complexity index is 634. The summed E-state index contributed by atoms with van der Waals surface area (Å²) < 4.78 is 0. The van der Waals surface area contributed by atoms with Gasteiger partial charge in [-0.05, 0) is 41.5 Å². The molecule has 1 atom stereocenters. The molecule has 1 unspecified atom stereocenters. The molecule has 2 heterocycles. The van der Waals surface area contributed by atoms with Crippen LogP contribution < -0.4 is 10.6 Å². The molecule has 0 aliphatic carbocycles. The Hall–Kier alpha value is -1.81. The second-order valence-electron chi connectivity index (χ2n) is 5.76. The zero-order valence-corrected chi connectivity index (χ0v) is 13.2. The van der Waals surface area contributed by atoms with Gasteiger partial charge in [-0.2, -0.15) is 0 Å². The van der Waals surface area contributed by atoms with Crippen molar-refractivity contribution >= 4 is 22.9 Å². The maximum absolute atomic E-state index is 12.5. The zero-order chi connectivity index (χ0) is 14.8. The topological polar surface area (TPSA) is 41.1 Å². The van der Waals surface area contributed by atoms with E-state index in [9.17, 15) is 4.79 Å². The summed E-state index contributed by atoms with van der Waals surface area (Å²) in [5, 5.41) is 8.54. The first kappa shape index (κ1) is 14.1. The molecule has 21 heavy (non-hydrogen) atoms. The average molecular weight is 300 g/mol. The fourth-order valence-corrected chi connectivity index (χ4v) is 3.64. The molecule has 0 fully saturated rings. The van der Waals surface area contributed by atoms with Crippen LogP contribution in [0.5, 0.6) is 0 Å². The highest BCUT2D eigenvalue weighted by atomic mass is 32.1. The van der Waals surface area contributed by atoms with Gasteiger partial charge in [0.25, 0.3) is 5.91 Å². The van der Waals surface area contributed by atoms with E-state index in [0.717, 1.165) is 24.2 Å². The lowest BCUT2D eigenvalue weighted by Gasteiger charge is -2.21. The molecule has 0 radical (unpaired) electrons. The summed E-state index contributed by atoms with van der Waals surface area (Å²) in [5.74, 6) is 0.360. The molecule has 1 aliphatic heterocycles. The minimum Gasteiger partial charge on any atom is -0.384 e. The number of rotatable bonds is 4. The first-order chi connectivity index (χ1) is 10.1. The molecule has 0 bridgehead atoms. The van der Waals surface area contributed by atoms with Gasteiger partial charge < -0.3 is 10.6 Å². The van der Waals surface area contributed by atoms with Crippen LogP contribution in [-0.2, 0) is 6.42 Å². The smallest absolute Gasteiger partial charge is 0.251 e. The lowest BCUT2D eigenvalue weighted by atomic mass is 10.0. The van der Waals surface area contributed by atoms with E-state index in [-0.39, 0.29) is 11.9 Å². The highest BCUT2D eigenvalue weighted by Crippen LogP contribution is 2.27. The third-order valence-corrected chi connectivity index (χ3v) is 4.84. The largest absolute Gasteiger partial charge is 0.384 e. The molecule has 3 nitrogen and oxygen atoms in total.